The summed E-state index contributed by atoms with van der Waals surface area (Å²) in [6.07, 6.45) is -0.161. The number of hydrogen-bond donors (Lipinski definition) is 2. The Morgan fingerprint density at radius 2 is 1.48 bits per heavy atom. The molecule has 0 fully saturated rings. The Morgan fingerprint density at radius 3 is 2.07 bits per heavy atom. The average molecular weight is 507 g/mol. The Hall–Kier alpha value is -1.08. The molecule has 10 heteroatoms. The van der Waals surface area contributed by atoms with Crippen LogP contribution in [0.4, 0.5) is 11.4 Å². The number of amidine groups is 1. The monoisotopic (exact) mass is 504 g/mol. The molecule has 3 rings (SSSR count). The van der Waals surface area contributed by atoms with Crippen LogP contribution in [0.2, 0.25) is 0 Å². The van der Waals surface area contributed by atoms with Gasteiger partial charge in [0.2, 0.25) is 0 Å². The number of nitrogens with zero attached hydrogens (tertiary/aromatic N) is 2. The number of halogens is 5. The van der Waals surface area contributed by atoms with E-state index in [1.807, 2.05) is 33.2 Å². The number of hydrogen-bond acceptors (Lipinski definition) is 5. The molecule has 1 aliphatic rings. The van der Waals surface area contributed by atoms with Gasteiger partial charge in [0.15, 0.2) is 6.10 Å². The second kappa shape index (κ2) is 14.8. The first-order valence-corrected chi connectivity index (χ1v) is 8.13. The third-order valence-electron chi connectivity index (χ3n) is 4.10. The fourth-order valence-corrected chi connectivity index (χ4v) is 2.60. The van der Waals surface area contributed by atoms with E-state index in [-0.39, 0.29) is 68.1 Å². The van der Waals surface area contributed by atoms with Crippen molar-refractivity contribution in [3.63, 3.8) is 0 Å². The van der Waals surface area contributed by atoms with Gasteiger partial charge in [-0.25, -0.2) is 4.99 Å². The molecule has 0 saturated carbocycles. The number of fused-ring (bicyclic) bond motifs is 1. The van der Waals surface area contributed by atoms with Crippen LogP contribution in [0.5, 0.6) is 5.75 Å². The van der Waals surface area contributed by atoms with Crippen LogP contribution in [0.25, 0.3) is 0 Å². The molecule has 5 nitrogen and oxygen atoms in total. The lowest BCUT2D eigenvalue weighted by Gasteiger charge is -2.21. The Bertz CT molecular complexity index is 757. The maximum Gasteiger partial charge on any atom is 0.153 e. The second-order valence-corrected chi connectivity index (χ2v) is 6.26. The molecule has 2 aromatic carbocycles. The van der Waals surface area contributed by atoms with Crippen LogP contribution < -0.4 is 20.7 Å². The largest absolute Gasteiger partial charge is 0.481 e. The minimum absolute atomic E-state index is 0. The molecule has 0 amide bonds. The second-order valence-electron chi connectivity index (χ2n) is 6.26. The smallest absolute Gasteiger partial charge is 0.153 e. The summed E-state index contributed by atoms with van der Waals surface area (Å²) in [7, 11) is 4.09. The third-order valence-corrected chi connectivity index (χ3v) is 4.10. The molecule has 0 bridgehead atoms. The Morgan fingerprint density at radius 1 is 0.931 bits per heavy atom. The zero-order valence-electron chi connectivity index (χ0n) is 16.5. The molecule has 29 heavy (non-hydrogen) atoms. The lowest BCUT2D eigenvalue weighted by Crippen LogP contribution is -2.33. The molecule has 1 aliphatic heterocycles. The number of rotatable bonds is 5. The van der Waals surface area contributed by atoms with Gasteiger partial charge in [0.1, 0.15) is 17.3 Å². The number of aliphatic imine (C=N–C) groups is 1. The molecule has 3 N–H and O–H groups in total. The molecule has 0 aliphatic carbocycles. The van der Waals surface area contributed by atoms with Gasteiger partial charge in [0.25, 0.3) is 0 Å². The normalized spacial score (nSPS) is 13.3. The zero-order valence-corrected chi connectivity index (χ0v) is 20.5. The maximum absolute atomic E-state index is 5.86. The standard InChI is InChI=1S/C19H24N4O.5ClH/c1-13-19(20)22-17-10-15(6-9-18(17)24-13)12-21-11-14-4-7-16(8-5-14)23(2)3;;;;;/h4-10,13,21H,11-12H2,1-3H3,(H2,20,22);5*1H. The first-order valence-electron chi connectivity index (χ1n) is 8.13. The van der Waals surface area contributed by atoms with E-state index in [2.05, 4.69) is 45.5 Å². The number of nitrogens with two attached hydrogens (primary N) is 1. The van der Waals surface area contributed by atoms with E-state index in [4.69, 9.17) is 10.5 Å². The van der Waals surface area contributed by atoms with Crippen molar-refractivity contribution in [1.29, 1.82) is 0 Å². The maximum atomic E-state index is 5.86. The minimum atomic E-state index is -0.161. The van der Waals surface area contributed by atoms with Gasteiger partial charge in [-0.15, -0.1) is 62.0 Å². The van der Waals surface area contributed by atoms with E-state index in [0.29, 0.717) is 5.84 Å². The van der Waals surface area contributed by atoms with Crippen molar-refractivity contribution in [2.45, 2.75) is 26.1 Å². The lowest BCUT2D eigenvalue weighted by molar-refractivity contribution is 0.281. The Balaban J connectivity index is -0.00000135. The highest BCUT2D eigenvalue weighted by atomic mass is 35.5. The summed E-state index contributed by atoms with van der Waals surface area (Å²) in [5, 5.41) is 3.46. The molecule has 1 heterocycles. The van der Waals surface area contributed by atoms with Gasteiger partial charge in [-0.3, -0.25) is 0 Å². The van der Waals surface area contributed by atoms with Crippen molar-refractivity contribution in [2.24, 2.45) is 10.7 Å². The van der Waals surface area contributed by atoms with Gasteiger partial charge in [-0.2, -0.15) is 0 Å². The van der Waals surface area contributed by atoms with Crippen LogP contribution in [0.3, 0.4) is 0 Å². The van der Waals surface area contributed by atoms with Crippen molar-refractivity contribution in [2.75, 3.05) is 19.0 Å². The quantitative estimate of drug-likeness (QED) is 0.604. The van der Waals surface area contributed by atoms with Crippen LogP contribution in [-0.2, 0) is 13.1 Å². The number of nitrogens with one attached hydrogen (secondary N) is 1. The highest BCUT2D eigenvalue weighted by molar-refractivity contribution is 5.89. The predicted octanol–water partition coefficient (Wildman–Crippen LogP) is 4.92. The summed E-state index contributed by atoms with van der Waals surface area (Å²) in [4.78, 5) is 6.51. The summed E-state index contributed by atoms with van der Waals surface area (Å²) >= 11 is 0. The number of ether oxygens (including phenoxy) is 1. The van der Waals surface area contributed by atoms with Gasteiger partial charge in [0, 0.05) is 32.9 Å². The minimum Gasteiger partial charge on any atom is -0.481 e. The predicted molar refractivity (Wildman–Crippen MR) is 135 cm³/mol. The van der Waals surface area contributed by atoms with E-state index in [1.165, 1.54) is 11.3 Å². The van der Waals surface area contributed by atoms with Crippen molar-refractivity contribution < 1.29 is 4.74 Å². The molecule has 1 atom stereocenters. The summed E-state index contributed by atoms with van der Waals surface area (Å²) in [5.74, 6) is 1.31. The van der Waals surface area contributed by atoms with Crippen LogP contribution in [0.1, 0.15) is 18.1 Å². The summed E-state index contributed by atoms with van der Waals surface area (Å²) in [6, 6.07) is 14.6. The van der Waals surface area contributed by atoms with E-state index in [0.717, 1.165) is 30.1 Å². The van der Waals surface area contributed by atoms with Crippen LogP contribution >= 0.6 is 62.0 Å². The molecule has 166 valence electrons. The van der Waals surface area contributed by atoms with E-state index in [1.54, 1.807) is 0 Å². The first kappa shape index (κ1) is 32.6. The van der Waals surface area contributed by atoms with E-state index < -0.39 is 0 Å². The van der Waals surface area contributed by atoms with E-state index >= 15 is 0 Å². The highest BCUT2D eigenvalue weighted by Gasteiger charge is 2.18. The van der Waals surface area contributed by atoms with Gasteiger partial charge in [-0.05, 0) is 42.3 Å². The number of benzene rings is 2. The fraction of sp³-hybridized carbons (Fsp3) is 0.316. The SMILES string of the molecule is CC1Oc2ccc(CNCc3ccc(N(C)C)cc3)cc2N=C1N.Cl.Cl.Cl.Cl.Cl. The molecule has 1 unspecified atom stereocenters. The molecule has 0 aromatic heterocycles. The molecule has 0 saturated heterocycles. The van der Waals surface area contributed by atoms with Gasteiger partial charge in [0.05, 0.1) is 0 Å². The van der Waals surface area contributed by atoms with Gasteiger partial charge >= 0.3 is 0 Å². The van der Waals surface area contributed by atoms with Crippen molar-refractivity contribution in [3.05, 3.63) is 53.6 Å². The average Bonchev–Trinajstić information content (AvgIpc) is 2.56. The molecule has 2 aromatic rings. The topological polar surface area (TPSA) is 62.9 Å². The fourth-order valence-electron chi connectivity index (χ4n) is 2.60. The Kier molecular flexibility index (Phi) is 16.7. The van der Waals surface area contributed by atoms with Crippen molar-refractivity contribution in [3.8, 4) is 5.75 Å². The number of anilines is 1. The Labute approximate surface area is 203 Å². The zero-order chi connectivity index (χ0) is 17.1. The molecule has 0 radical (unpaired) electrons. The molecule has 0 spiro atoms. The van der Waals surface area contributed by atoms with Gasteiger partial charge < -0.3 is 20.7 Å². The van der Waals surface area contributed by atoms with Crippen molar-refractivity contribution in [1.82, 2.24) is 5.32 Å². The van der Waals surface area contributed by atoms with Crippen LogP contribution in [0.15, 0.2) is 47.5 Å². The van der Waals surface area contributed by atoms with Crippen LogP contribution in [-0.4, -0.2) is 26.0 Å². The van der Waals surface area contributed by atoms with Gasteiger partial charge in [-0.1, -0.05) is 18.2 Å². The summed E-state index contributed by atoms with van der Waals surface area (Å²) < 4.78 is 5.72. The summed E-state index contributed by atoms with van der Waals surface area (Å²) in [6.45, 7) is 3.50. The molecular formula is C19H29Cl5N4O. The summed E-state index contributed by atoms with van der Waals surface area (Å²) in [5.41, 5.74) is 10.3. The van der Waals surface area contributed by atoms with E-state index in [9.17, 15) is 0 Å². The first-order chi connectivity index (χ1) is 11.5. The van der Waals surface area contributed by atoms with Crippen LogP contribution in [0, 0.1) is 0 Å². The lowest BCUT2D eigenvalue weighted by atomic mass is 10.1. The third kappa shape index (κ3) is 8.67. The molecular weight excluding hydrogens is 478 g/mol. The van der Waals surface area contributed by atoms with Crippen molar-refractivity contribution >= 4 is 79.2 Å². The highest BCUT2D eigenvalue weighted by Crippen LogP contribution is 2.32.